The van der Waals surface area contributed by atoms with Crippen LogP contribution >= 0.6 is 46.4 Å². The van der Waals surface area contributed by atoms with E-state index in [2.05, 4.69) is 75.5 Å². The van der Waals surface area contributed by atoms with Gasteiger partial charge in [0, 0.05) is 143 Å². The predicted octanol–water partition coefficient (Wildman–Crippen LogP) is 12.2. The number of hydrogen-bond donors (Lipinski definition) is 12. The molecule has 4 saturated heterocycles. The van der Waals surface area contributed by atoms with Crippen LogP contribution in [0.5, 0.6) is 11.5 Å². The molecule has 6 fully saturated rings. The standard InChI is InChI=1S/C50H47Cl2FN6O9.C30H26Cl2FN3O4.C19H22N4O6.S5/c51-28-16-19-32-34(25-28)56-48(67)50(32)41(31-10-7-11-33(52)42(31)53)43(58-49(50)22-4-2-5-23-49)45(64)55-29-17-14-27(15-18-29)36(60)12-3-1-6-24-54-39(62)26-68-37-13-8-9-30-40(37)47(66)59(46(30)65)35-20-21-38(61)57-44(35)63;31-17-9-12-20-22(15-17)35-28(40)30(20)23(19-5-4-6-21(32)24(19)33)25(36-29(30)13-2-1-3-14-29)26(37)34-18-10-7-16(8-11-18)27(38)39;20-8-1-2-9-21-15(25)10-29-13-5-3-4-11-16(13)19(28)23(18(11)27)12-6-7-14(24)22-17(12)26;1-3-5-4-2/h7-11,13-19,25,35,41,43,58H,1-6,12,20-24,26H2,(H,54,62)(H,55,64)(H,56,67)(H,57,61,63);4-12,15,23,25,36H,1-3,13-14H2,(H,34,37)(H,35,40)(H,38,39);3-5,12H,1-2,6-10,20H2,(H,21,25)(H,22,24,26);/t35?,41-,43+,50+;23-,25+,30+;;/m00../s1. The summed E-state index contributed by atoms with van der Waals surface area (Å²) in [5.74, 6) is -11.9. The number of halogens is 6. The number of Topliss-reactive ketones (excluding diaryl/α,β-unsaturated/α-hetero) is 1. The molecule has 8 aliphatic heterocycles. The van der Waals surface area contributed by atoms with Gasteiger partial charge in [0.1, 0.15) is 46.0 Å². The van der Waals surface area contributed by atoms with E-state index in [0.717, 1.165) is 61.2 Å². The van der Waals surface area contributed by atoms with E-state index in [0.29, 0.717) is 114 Å². The first kappa shape index (κ1) is 104. The van der Waals surface area contributed by atoms with Gasteiger partial charge in [-0.2, -0.15) is 0 Å². The Morgan fingerprint density at radius 1 is 0.486 bits per heavy atom. The quantitative estimate of drug-likeness (QED) is 0.0136. The Morgan fingerprint density at radius 2 is 0.894 bits per heavy atom. The number of piperidine rings is 2. The fraction of sp³-hybridized carbons (Fsp3) is 0.354. The predicted molar refractivity (Wildman–Crippen MR) is 536 cm³/mol. The first-order valence-corrected chi connectivity index (χ1v) is 52.8. The number of carboxylic acid groups (broad SMARTS) is 1. The Labute approximate surface area is 850 Å². The maximum absolute atomic E-state index is 16.3. The minimum atomic E-state index is -1.38. The lowest BCUT2D eigenvalue weighted by molar-refractivity contribution is -0.137. The van der Waals surface area contributed by atoms with E-state index in [4.69, 9.17) is 61.6 Å². The average Bonchev–Trinajstić information content (AvgIpc) is 1.51. The van der Waals surface area contributed by atoms with Gasteiger partial charge in [0.05, 0.1) is 49.9 Å². The Kier molecular flexibility index (Phi) is 33.2. The molecule has 18 rings (SSSR count). The van der Waals surface area contributed by atoms with Crippen molar-refractivity contribution >= 4 is 213 Å². The second-order valence-electron chi connectivity index (χ2n) is 35.6. The van der Waals surface area contributed by atoms with Gasteiger partial charge in [-0.1, -0.05) is 140 Å². The Balaban J connectivity index is 0.000000173. The summed E-state index contributed by atoms with van der Waals surface area (Å²) in [5, 5.41) is 38.6. The molecular weight excluding hydrogens is 2020 g/mol. The van der Waals surface area contributed by atoms with Crippen LogP contribution in [0.2, 0.25) is 20.1 Å². The van der Waals surface area contributed by atoms with Gasteiger partial charge in [-0.25, -0.2) is 13.6 Å². The molecule has 4 spiro atoms. The van der Waals surface area contributed by atoms with Crippen LogP contribution in [0.25, 0.3) is 0 Å². The van der Waals surface area contributed by atoms with Crippen molar-refractivity contribution in [2.45, 2.75) is 186 Å². The maximum Gasteiger partial charge on any atom is 0.335 e. The molecule has 8 aromatic rings. The van der Waals surface area contributed by atoms with E-state index in [-0.39, 0.29) is 123 Å². The van der Waals surface area contributed by atoms with Crippen molar-refractivity contribution in [2.24, 2.45) is 5.73 Å². The normalized spacial score (nSPS) is 21.7. The van der Waals surface area contributed by atoms with Gasteiger partial charge in [-0.15, -0.1) is 0 Å². The highest BCUT2D eigenvalue weighted by Gasteiger charge is 2.74. The van der Waals surface area contributed by atoms with Crippen molar-refractivity contribution in [1.82, 2.24) is 41.7 Å². The van der Waals surface area contributed by atoms with Crippen LogP contribution in [0.4, 0.5) is 31.5 Å². The molecule has 0 bridgehead atoms. The molecule has 8 atom stereocenters. The topological polar surface area (TPSA) is 465 Å². The van der Waals surface area contributed by atoms with Gasteiger partial charge in [0.25, 0.3) is 35.4 Å². The largest absolute Gasteiger partial charge is 0.483 e. The summed E-state index contributed by atoms with van der Waals surface area (Å²) in [5.41, 5.74) is 5.05. The molecule has 13 N–H and O–H groups in total. The zero-order chi connectivity index (χ0) is 101. The smallest absolute Gasteiger partial charge is 0.335 e. The van der Waals surface area contributed by atoms with Gasteiger partial charge in [-0.05, 0) is 202 Å². The second kappa shape index (κ2) is 45.2. The van der Waals surface area contributed by atoms with Crippen molar-refractivity contribution in [3.63, 3.8) is 0 Å². The summed E-state index contributed by atoms with van der Waals surface area (Å²) in [6, 6.07) is 36.5. The molecule has 742 valence electrons. The van der Waals surface area contributed by atoms with Crippen molar-refractivity contribution in [3.8, 4) is 11.5 Å². The first-order chi connectivity index (χ1) is 68.3. The Hall–Kier alpha value is -12.1. The number of unbranched alkanes of at least 4 members (excludes halogenated alkanes) is 3. The molecule has 0 radical (unpaired) electrons. The number of hydrogen-bond acceptors (Lipinski definition) is 23. The van der Waals surface area contributed by atoms with Gasteiger partial charge < -0.3 is 52.2 Å². The number of carbonyl (C=O) groups is 16. The molecular formula is C99H95Cl4F2N13O19S5. The van der Waals surface area contributed by atoms with Crippen LogP contribution in [0, 0.1) is 11.6 Å². The summed E-state index contributed by atoms with van der Waals surface area (Å²) in [4.78, 5) is 208. The monoisotopic (exact) mass is 2110 g/mol. The third kappa shape index (κ3) is 20.8. The average molecular weight is 2110 g/mol. The highest BCUT2D eigenvalue weighted by Crippen LogP contribution is 2.65. The molecule has 10 aliphatic rings. The SMILES string of the molecule is NCCCCNC(=O)COc1cccc2c1C(=O)N(C1CCC(=O)NC1=O)C2=O.O=C(COc1cccc2c1C(=O)N(C1CCC(=O)NC1=O)C2=O)NCCCCCC(=O)c1ccc(NC(=O)[C@@H]2NC3(CCCCC3)[C@@]3(C(=O)Nc4cc(Cl)ccc43)[C@H]2c2cccc(Cl)c2F)cc1.O=C(O)c1ccc(NC(=O)[C@@H]2NC3(CCCCC3)[C@@]3(C(=O)Nc4cc(Cl)ccc43)[C@H]2c2cccc(Cl)c2F)cc1.S=S=S=S=S. The molecule has 8 aromatic carbocycles. The summed E-state index contributed by atoms with van der Waals surface area (Å²) < 4.78 is 43.3. The minimum Gasteiger partial charge on any atom is -0.483 e. The first-order valence-electron chi connectivity index (χ1n) is 45.9. The zero-order valence-corrected chi connectivity index (χ0v) is 82.8. The van der Waals surface area contributed by atoms with Crippen LogP contribution < -0.4 is 68.4 Å². The number of aromatic carboxylic acids is 1. The van der Waals surface area contributed by atoms with Crippen LogP contribution in [0.3, 0.4) is 0 Å². The number of carbonyl (C=O) groups excluding carboxylic acids is 15. The molecule has 2 aliphatic carbocycles. The fourth-order valence-corrected chi connectivity index (χ4v) is 24.8. The fourth-order valence-electron chi connectivity index (χ4n) is 21.4. The van der Waals surface area contributed by atoms with Crippen LogP contribution in [-0.4, -0.2) is 177 Å². The minimum absolute atomic E-state index is 0.00848. The molecule has 8 heterocycles. The highest BCUT2D eigenvalue weighted by atomic mass is 35.5. The summed E-state index contributed by atoms with van der Waals surface area (Å²) >= 11 is 34.2. The van der Waals surface area contributed by atoms with Gasteiger partial charge in [0.2, 0.25) is 47.3 Å². The molecule has 43 heteroatoms. The summed E-state index contributed by atoms with van der Waals surface area (Å²) in [7, 11) is 3.95. The lowest BCUT2D eigenvalue weighted by atomic mass is 9.55. The van der Waals surface area contributed by atoms with Crippen LogP contribution in [0.15, 0.2) is 158 Å². The number of rotatable bonds is 26. The molecule has 142 heavy (non-hydrogen) atoms. The molecule has 2 saturated carbocycles. The number of anilines is 4. The van der Waals surface area contributed by atoms with E-state index in [1.807, 2.05) is 0 Å². The van der Waals surface area contributed by atoms with Crippen molar-refractivity contribution < 1.29 is 100 Å². The second-order valence-corrected chi connectivity index (χ2v) is 42.6. The Morgan fingerprint density at radius 3 is 1.29 bits per heavy atom. The van der Waals surface area contributed by atoms with Crippen molar-refractivity contribution in [2.75, 3.05) is 54.1 Å². The number of amides is 14. The number of carboxylic acids is 1. The number of ether oxygens (including phenoxy) is 2. The molecule has 0 aromatic heterocycles. The van der Waals surface area contributed by atoms with E-state index in [1.165, 1.54) is 99.4 Å². The molecule has 2 unspecified atom stereocenters. The lowest BCUT2D eigenvalue weighted by Crippen LogP contribution is -2.60. The number of nitrogens with two attached hydrogens (primary N) is 1. The van der Waals surface area contributed by atoms with Gasteiger partial charge in [-0.3, -0.25) is 103 Å². The van der Waals surface area contributed by atoms with Gasteiger partial charge >= 0.3 is 5.97 Å². The highest BCUT2D eigenvalue weighted by molar-refractivity contribution is 8.59. The summed E-state index contributed by atoms with van der Waals surface area (Å²) in [6.45, 7) is 0.549. The number of fused-ring (bicyclic) bond motifs is 8. The number of imide groups is 4. The molecule has 14 amide bonds. The number of ketones is 1. The third-order valence-corrected chi connectivity index (χ3v) is 33.0. The lowest BCUT2D eigenvalue weighted by Gasteiger charge is -2.47. The van der Waals surface area contributed by atoms with Crippen molar-refractivity contribution in [3.05, 3.63) is 245 Å². The molecule has 32 nitrogen and oxygen atoms in total. The van der Waals surface area contributed by atoms with Crippen LogP contribution in [-0.2, 0) is 108 Å². The van der Waals surface area contributed by atoms with E-state index in [9.17, 15) is 81.8 Å². The van der Waals surface area contributed by atoms with E-state index >= 15 is 8.78 Å². The Bertz CT molecular complexity index is 6610. The van der Waals surface area contributed by atoms with Crippen LogP contribution in [0.1, 0.15) is 225 Å². The number of nitrogens with zero attached hydrogens (tertiary/aromatic N) is 2. The number of benzene rings is 8. The van der Waals surface area contributed by atoms with Gasteiger partial charge in [0.15, 0.2) is 19.0 Å². The van der Waals surface area contributed by atoms with E-state index in [1.54, 1.807) is 84.9 Å². The zero-order valence-electron chi connectivity index (χ0n) is 75.7. The number of nitrogens with one attached hydrogen (secondary N) is 10. The summed E-state index contributed by atoms with van der Waals surface area (Å²) in [6.07, 6.45) is 11.2. The third-order valence-electron chi connectivity index (χ3n) is 27.5. The van der Waals surface area contributed by atoms with Crippen molar-refractivity contribution in [1.29, 1.82) is 0 Å². The maximum atomic E-state index is 16.3. The van der Waals surface area contributed by atoms with E-state index < -0.39 is 147 Å².